The molecule has 0 saturated carbocycles. The number of imidazole rings is 1. The number of hydrogen-bond donors (Lipinski definition) is 1. The third kappa shape index (κ3) is 1.91. The van der Waals surface area contributed by atoms with Gasteiger partial charge in [-0.05, 0) is 18.4 Å². The average Bonchev–Trinajstić information content (AvgIpc) is 3.03. The summed E-state index contributed by atoms with van der Waals surface area (Å²) < 4.78 is 3.92. The van der Waals surface area contributed by atoms with Crippen molar-refractivity contribution in [2.45, 2.75) is 32.7 Å². The monoisotopic (exact) mass is 289 g/mol. The van der Waals surface area contributed by atoms with E-state index in [2.05, 4.69) is 46.0 Å². The van der Waals surface area contributed by atoms with Gasteiger partial charge in [-0.2, -0.15) is 5.10 Å². The molecule has 0 atom stereocenters. The fourth-order valence-corrected chi connectivity index (χ4v) is 3.49. The first kappa shape index (κ1) is 13.2. The minimum atomic E-state index is 0.00803. The molecule has 5 nitrogen and oxygen atoms in total. The molecule has 3 aromatic rings. The van der Waals surface area contributed by atoms with E-state index in [1.165, 1.54) is 4.88 Å². The zero-order chi connectivity index (χ0) is 14.5. The number of aromatic nitrogens is 4. The van der Waals surface area contributed by atoms with Crippen molar-refractivity contribution in [3.05, 3.63) is 28.1 Å². The predicted octanol–water partition coefficient (Wildman–Crippen LogP) is 2.70. The minimum Gasteiger partial charge on any atom is -0.369 e. The first-order chi connectivity index (χ1) is 9.40. The molecule has 0 fully saturated rings. The van der Waals surface area contributed by atoms with Crippen LogP contribution in [0.4, 0.5) is 5.95 Å². The summed E-state index contributed by atoms with van der Waals surface area (Å²) in [5, 5.41) is 6.53. The van der Waals surface area contributed by atoms with E-state index in [0.29, 0.717) is 5.95 Å². The van der Waals surface area contributed by atoms with Gasteiger partial charge in [0.2, 0.25) is 5.95 Å². The van der Waals surface area contributed by atoms with Gasteiger partial charge in [0, 0.05) is 23.9 Å². The number of aryl methyl sites for hydroxylation is 2. The number of anilines is 1. The second-order valence-corrected chi connectivity index (χ2v) is 6.75. The summed E-state index contributed by atoms with van der Waals surface area (Å²) in [5.41, 5.74) is 8.92. The van der Waals surface area contributed by atoms with Crippen molar-refractivity contribution in [2.24, 2.45) is 7.05 Å². The Kier molecular flexibility index (Phi) is 2.86. The lowest BCUT2D eigenvalue weighted by Crippen LogP contribution is -2.24. The molecule has 3 aromatic heterocycles. The van der Waals surface area contributed by atoms with Crippen molar-refractivity contribution in [1.82, 2.24) is 19.3 Å². The molecule has 0 saturated heterocycles. The topological polar surface area (TPSA) is 61.7 Å². The first-order valence-electron chi connectivity index (χ1n) is 6.59. The molecule has 20 heavy (non-hydrogen) atoms. The van der Waals surface area contributed by atoms with Crippen LogP contribution in [0.3, 0.4) is 0 Å². The van der Waals surface area contributed by atoms with Gasteiger partial charge in [0.05, 0.1) is 5.69 Å². The summed E-state index contributed by atoms with van der Waals surface area (Å²) in [6.07, 6.45) is 0. The van der Waals surface area contributed by atoms with E-state index >= 15 is 0 Å². The van der Waals surface area contributed by atoms with Crippen molar-refractivity contribution in [3.63, 3.8) is 0 Å². The van der Waals surface area contributed by atoms with E-state index in [1.807, 2.05) is 18.7 Å². The second kappa shape index (κ2) is 4.34. The SMILES string of the molecule is Cc1nn(C)c2c1nc(N)n2CC(C)(C)c1cccs1. The summed E-state index contributed by atoms with van der Waals surface area (Å²) in [4.78, 5) is 5.80. The molecule has 0 bridgehead atoms. The standard InChI is InChI=1S/C14H19N5S/c1-9-11-12(18(4)17-9)19(13(15)16-11)8-14(2,3)10-6-5-7-20-10/h5-7H,8H2,1-4H3,(H2,15,16). The maximum atomic E-state index is 6.11. The lowest BCUT2D eigenvalue weighted by atomic mass is 9.91. The van der Waals surface area contributed by atoms with Gasteiger partial charge in [-0.15, -0.1) is 11.3 Å². The molecular formula is C14H19N5S. The Labute approximate surface area is 122 Å². The molecule has 0 unspecified atom stereocenters. The van der Waals surface area contributed by atoms with Gasteiger partial charge in [0.1, 0.15) is 5.52 Å². The maximum absolute atomic E-state index is 6.11. The van der Waals surface area contributed by atoms with Crippen molar-refractivity contribution < 1.29 is 0 Å². The predicted molar refractivity (Wildman–Crippen MR) is 83.0 cm³/mol. The fourth-order valence-electron chi connectivity index (χ4n) is 2.64. The van der Waals surface area contributed by atoms with E-state index in [9.17, 15) is 0 Å². The van der Waals surface area contributed by atoms with Gasteiger partial charge in [-0.25, -0.2) is 4.98 Å². The van der Waals surface area contributed by atoms with Crippen LogP contribution < -0.4 is 5.73 Å². The molecule has 0 aliphatic rings. The highest BCUT2D eigenvalue weighted by molar-refractivity contribution is 7.10. The van der Waals surface area contributed by atoms with Crippen molar-refractivity contribution in [3.8, 4) is 0 Å². The van der Waals surface area contributed by atoms with Gasteiger partial charge in [0.25, 0.3) is 0 Å². The van der Waals surface area contributed by atoms with E-state index in [-0.39, 0.29) is 5.41 Å². The Hall–Kier alpha value is -1.82. The lowest BCUT2D eigenvalue weighted by Gasteiger charge is -2.24. The van der Waals surface area contributed by atoms with E-state index in [4.69, 9.17) is 5.73 Å². The van der Waals surface area contributed by atoms with Crippen LogP contribution in [0.1, 0.15) is 24.4 Å². The van der Waals surface area contributed by atoms with Crippen molar-refractivity contribution in [2.75, 3.05) is 5.73 Å². The summed E-state index contributed by atoms with van der Waals surface area (Å²) in [6, 6.07) is 4.26. The Morgan fingerprint density at radius 1 is 1.40 bits per heavy atom. The number of nitrogens with two attached hydrogens (primary N) is 1. The van der Waals surface area contributed by atoms with Gasteiger partial charge in [-0.1, -0.05) is 19.9 Å². The number of nitrogens with zero attached hydrogens (tertiary/aromatic N) is 4. The number of nitrogen functional groups attached to an aromatic ring is 1. The van der Waals surface area contributed by atoms with Crippen LogP contribution in [0.15, 0.2) is 17.5 Å². The van der Waals surface area contributed by atoms with Crippen LogP contribution in [-0.4, -0.2) is 19.3 Å². The van der Waals surface area contributed by atoms with E-state index in [1.54, 1.807) is 11.3 Å². The summed E-state index contributed by atoms with van der Waals surface area (Å²) >= 11 is 1.78. The quantitative estimate of drug-likeness (QED) is 0.806. The smallest absolute Gasteiger partial charge is 0.202 e. The molecular weight excluding hydrogens is 270 g/mol. The molecule has 3 rings (SSSR count). The zero-order valence-corrected chi connectivity index (χ0v) is 13.0. The third-order valence-electron chi connectivity index (χ3n) is 3.66. The van der Waals surface area contributed by atoms with Gasteiger partial charge in [-0.3, -0.25) is 9.25 Å². The Balaban J connectivity index is 2.09. The van der Waals surface area contributed by atoms with E-state index < -0.39 is 0 Å². The first-order valence-corrected chi connectivity index (χ1v) is 7.47. The highest BCUT2D eigenvalue weighted by Gasteiger charge is 2.26. The summed E-state index contributed by atoms with van der Waals surface area (Å²) in [7, 11) is 1.94. The highest BCUT2D eigenvalue weighted by Crippen LogP contribution is 2.32. The Morgan fingerprint density at radius 3 is 2.80 bits per heavy atom. The molecule has 2 N–H and O–H groups in total. The number of fused-ring (bicyclic) bond motifs is 1. The number of hydrogen-bond acceptors (Lipinski definition) is 4. The number of rotatable bonds is 3. The number of thiophene rings is 1. The van der Waals surface area contributed by atoms with Crippen LogP contribution in [0.5, 0.6) is 0 Å². The minimum absolute atomic E-state index is 0.00803. The molecule has 3 heterocycles. The lowest BCUT2D eigenvalue weighted by molar-refractivity contribution is 0.448. The van der Waals surface area contributed by atoms with Gasteiger partial charge in [0.15, 0.2) is 5.65 Å². The largest absolute Gasteiger partial charge is 0.369 e. The van der Waals surface area contributed by atoms with Crippen LogP contribution in [-0.2, 0) is 19.0 Å². The second-order valence-electron chi connectivity index (χ2n) is 5.80. The Bertz CT molecular complexity index is 748. The average molecular weight is 289 g/mol. The molecule has 0 aromatic carbocycles. The molecule has 0 amide bonds. The highest BCUT2D eigenvalue weighted by atomic mass is 32.1. The molecule has 106 valence electrons. The zero-order valence-electron chi connectivity index (χ0n) is 12.2. The van der Waals surface area contributed by atoms with E-state index in [0.717, 1.165) is 23.4 Å². The molecule has 6 heteroatoms. The normalized spacial score (nSPS) is 12.4. The third-order valence-corrected chi connectivity index (χ3v) is 4.90. The van der Waals surface area contributed by atoms with Crippen molar-refractivity contribution >= 4 is 28.4 Å². The van der Waals surface area contributed by atoms with Crippen LogP contribution in [0.2, 0.25) is 0 Å². The fraction of sp³-hybridized carbons (Fsp3) is 0.429. The maximum Gasteiger partial charge on any atom is 0.202 e. The van der Waals surface area contributed by atoms with Crippen LogP contribution in [0.25, 0.3) is 11.2 Å². The van der Waals surface area contributed by atoms with Crippen molar-refractivity contribution in [1.29, 1.82) is 0 Å². The molecule has 0 aliphatic carbocycles. The van der Waals surface area contributed by atoms with Crippen LogP contribution in [0, 0.1) is 6.92 Å². The van der Waals surface area contributed by atoms with Gasteiger partial charge < -0.3 is 5.73 Å². The van der Waals surface area contributed by atoms with Crippen LogP contribution >= 0.6 is 11.3 Å². The molecule has 0 spiro atoms. The summed E-state index contributed by atoms with van der Waals surface area (Å²) in [6.45, 7) is 7.21. The Morgan fingerprint density at radius 2 is 2.15 bits per heavy atom. The molecule has 0 radical (unpaired) electrons. The molecule has 0 aliphatic heterocycles. The summed E-state index contributed by atoms with van der Waals surface area (Å²) in [5.74, 6) is 0.556. The van der Waals surface area contributed by atoms with Gasteiger partial charge >= 0.3 is 0 Å².